The Balaban J connectivity index is 1.62. The third kappa shape index (κ3) is 5.63. The minimum absolute atomic E-state index is 0.0408. The first-order valence-electron chi connectivity index (χ1n) is 10.7. The lowest BCUT2D eigenvalue weighted by atomic mass is 10.1. The highest BCUT2D eigenvalue weighted by molar-refractivity contribution is 6.30. The molecule has 188 valence electrons. The zero-order chi connectivity index (χ0) is 25.2. The van der Waals surface area contributed by atoms with Gasteiger partial charge in [0.15, 0.2) is 17.8 Å². The lowest BCUT2D eigenvalue weighted by molar-refractivity contribution is -0.274. The molecule has 0 saturated carbocycles. The summed E-state index contributed by atoms with van der Waals surface area (Å²) in [6, 6.07) is 10.4. The number of aromatic nitrogens is 4. The van der Waals surface area contributed by atoms with Crippen molar-refractivity contribution in [3.63, 3.8) is 0 Å². The molecule has 1 saturated heterocycles. The number of benzene rings is 1. The van der Waals surface area contributed by atoms with Gasteiger partial charge in [-0.15, -0.1) is 0 Å². The van der Waals surface area contributed by atoms with Crippen molar-refractivity contribution in [2.24, 2.45) is 5.73 Å². The van der Waals surface area contributed by atoms with Crippen LogP contribution in [0.2, 0.25) is 5.02 Å². The van der Waals surface area contributed by atoms with Gasteiger partial charge >= 0.3 is 6.18 Å². The maximum Gasteiger partial charge on any atom is 0.435 e. The second kappa shape index (κ2) is 10.6. The molecule has 13 heteroatoms. The van der Waals surface area contributed by atoms with Gasteiger partial charge in [-0.1, -0.05) is 41.9 Å². The molecule has 0 bridgehead atoms. The van der Waals surface area contributed by atoms with Crippen LogP contribution in [0.3, 0.4) is 0 Å². The number of hydrogen-bond donors (Lipinski definition) is 2. The average molecular weight is 514 g/mol. The second-order valence-electron chi connectivity index (χ2n) is 7.86. The predicted molar refractivity (Wildman–Crippen MR) is 118 cm³/mol. The van der Waals surface area contributed by atoms with Crippen LogP contribution in [0, 0.1) is 0 Å². The minimum Gasteiger partial charge on any atom is -0.389 e. The highest BCUT2D eigenvalue weighted by Gasteiger charge is 2.40. The summed E-state index contributed by atoms with van der Waals surface area (Å²) in [5.74, 6) is -0.116. The Bertz CT molecular complexity index is 1130. The van der Waals surface area contributed by atoms with Crippen LogP contribution in [0.5, 0.6) is 0 Å². The second-order valence-corrected chi connectivity index (χ2v) is 8.30. The molecule has 3 aromatic rings. The molecule has 5 unspecified atom stereocenters. The van der Waals surface area contributed by atoms with E-state index >= 15 is 0 Å². The smallest absolute Gasteiger partial charge is 0.389 e. The summed E-state index contributed by atoms with van der Waals surface area (Å²) in [6.45, 7) is 1.60. The molecule has 0 aliphatic carbocycles. The molecule has 3 heterocycles. The molecule has 9 nitrogen and oxygen atoms in total. The fourth-order valence-corrected chi connectivity index (χ4v) is 3.80. The van der Waals surface area contributed by atoms with Gasteiger partial charge in [0.05, 0.1) is 29.5 Å². The van der Waals surface area contributed by atoms with Gasteiger partial charge in [0, 0.05) is 18.3 Å². The summed E-state index contributed by atoms with van der Waals surface area (Å²) in [5, 5.41) is 14.5. The topological polar surface area (TPSA) is 118 Å². The Hall–Kier alpha value is -2.61. The standard InChI is InChI=1S/C22H23ClF3N5O4/c1-12-17(10-33-21(34-12)13-5-3-2-4-6-13)35-18(16(32)8-27)20-29-11-30-31(20)15-7-14(23)9-28-19(15)22(24,25)26/h2-7,9,11-12,16-18,21,32H,8,10,27H2,1H3. The van der Waals surface area contributed by atoms with E-state index < -0.39 is 48.3 Å². The molecule has 3 N–H and O–H groups in total. The lowest BCUT2D eigenvalue weighted by Gasteiger charge is -2.37. The highest BCUT2D eigenvalue weighted by atomic mass is 35.5. The van der Waals surface area contributed by atoms with Crippen LogP contribution in [0.15, 0.2) is 48.9 Å². The number of halogens is 4. The zero-order valence-electron chi connectivity index (χ0n) is 18.5. The van der Waals surface area contributed by atoms with Crippen LogP contribution in [-0.4, -0.2) is 56.3 Å². The Labute approximate surface area is 203 Å². The Morgan fingerprint density at radius 2 is 2.03 bits per heavy atom. The quantitative estimate of drug-likeness (QED) is 0.494. The molecule has 4 rings (SSSR count). The third-order valence-corrected chi connectivity index (χ3v) is 5.62. The van der Waals surface area contributed by atoms with E-state index in [0.717, 1.165) is 28.8 Å². The fraction of sp³-hybridized carbons (Fsp3) is 0.409. The summed E-state index contributed by atoms with van der Waals surface area (Å²) >= 11 is 5.92. The number of nitrogens with two attached hydrogens (primary N) is 1. The van der Waals surface area contributed by atoms with Crippen molar-refractivity contribution >= 4 is 11.6 Å². The molecule has 0 spiro atoms. The van der Waals surface area contributed by atoms with E-state index in [1.165, 1.54) is 0 Å². The molecule has 1 aromatic carbocycles. The Kier molecular flexibility index (Phi) is 7.69. The Morgan fingerprint density at radius 1 is 1.29 bits per heavy atom. The average Bonchev–Trinajstić information content (AvgIpc) is 3.32. The van der Waals surface area contributed by atoms with Crippen molar-refractivity contribution in [2.45, 2.75) is 43.8 Å². The molecule has 35 heavy (non-hydrogen) atoms. The van der Waals surface area contributed by atoms with Crippen LogP contribution in [0.1, 0.15) is 36.4 Å². The summed E-state index contributed by atoms with van der Waals surface area (Å²) in [4.78, 5) is 7.48. The van der Waals surface area contributed by atoms with E-state index in [-0.39, 0.29) is 24.0 Å². The maximum atomic E-state index is 13.6. The van der Waals surface area contributed by atoms with Crippen molar-refractivity contribution in [2.75, 3.05) is 13.2 Å². The van der Waals surface area contributed by atoms with E-state index in [4.69, 9.17) is 31.5 Å². The number of hydrogen-bond acceptors (Lipinski definition) is 8. The van der Waals surface area contributed by atoms with Crippen molar-refractivity contribution in [1.29, 1.82) is 0 Å². The van der Waals surface area contributed by atoms with Gasteiger partial charge in [0.25, 0.3) is 0 Å². The third-order valence-electron chi connectivity index (χ3n) is 5.42. The Morgan fingerprint density at radius 3 is 2.69 bits per heavy atom. The number of rotatable bonds is 7. The molecular formula is C22H23ClF3N5O4. The summed E-state index contributed by atoms with van der Waals surface area (Å²) in [7, 11) is 0. The van der Waals surface area contributed by atoms with Gasteiger partial charge in [-0.3, -0.25) is 0 Å². The number of aliphatic hydroxyl groups is 1. The van der Waals surface area contributed by atoms with Gasteiger partial charge in [-0.05, 0) is 13.0 Å². The van der Waals surface area contributed by atoms with Crippen LogP contribution < -0.4 is 5.73 Å². The molecule has 0 radical (unpaired) electrons. The largest absolute Gasteiger partial charge is 0.435 e. The lowest BCUT2D eigenvalue weighted by Crippen LogP contribution is -2.44. The van der Waals surface area contributed by atoms with Gasteiger partial charge in [-0.2, -0.15) is 18.3 Å². The molecule has 2 aromatic heterocycles. The summed E-state index contributed by atoms with van der Waals surface area (Å²) in [6.07, 6.45) is -7.23. The maximum absolute atomic E-state index is 13.6. The summed E-state index contributed by atoms with van der Waals surface area (Å²) in [5.41, 5.74) is 4.80. The van der Waals surface area contributed by atoms with E-state index in [1.54, 1.807) is 6.92 Å². The van der Waals surface area contributed by atoms with Gasteiger partial charge in [-0.25, -0.2) is 14.6 Å². The van der Waals surface area contributed by atoms with E-state index in [0.29, 0.717) is 0 Å². The monoisotopic (exact) mass is 513 g/mol. The molecular weight excluding hydrogens is 491 g/mol. The first-order valence-corrected chi connectivity index (χ1v) is 11.1. The highest BCUT2D eigenvalue weighted by Crippen LogP contribution is 2.36. The molecule has 1 aliphatic rings. The van der Waals surface area contributed by atoms with Crippen LogP contribution in [-0.2, 0) is 20.4 Å². The number of ether oxygens (including phenoxy) is 3. The minimum atomic E-state index is -4.79. The first-order chi connectivity index (χ1) is 16.7. The van der Waals surface area contributed by atoms with E-state index in [2.05, 4.69) is 15.1 Å². The van der Waals surface area contributed by atoms with E-state index in [1.807, 2.05) is 30.3 Å². The number of aliphatic hydroxyl groups excluding tert-OH is 1. The number of pyridine rings is 1. The number of alkyl halides is 3. The molecule has 1 fully saturated rings. The van der Waals surface area contributed by atoms with Crippen LogP contribution in [0.25, 0.3) is 5.69 Å². The van der Waals surface area contributed by atoms with Gasteiger partial charge < -0.3 is 25.1 Å². The SMILES string of the molecule is CC1OC(c2ccccc2)OCC1OC(c1ncnn1-c1cc(Cl)cnc1C(F)(F)F)C(O)CN. The van der Waals surface area contributed by atoms with Crippen molar-refractivity contribution < 1.29 is 32.5 Å². The normalized spacial score (nSPS) is 22.7. The van der Waals surface area contributed by atoms with Crippen LogP contribution in [0.4, 0.5) is 13.2 Å². The molecule has 1 aliphatic heterocycles. The summed E-state index contributed by atoms with van der Waals surface area (Å²) < 4.78 is 59.6. The van der Waals surface area contributed by atoms with Crippen LogP contribution >= 0.6 is 11.6 Å². The van der Waals surface area contributed by atoms with Gasteiger partial charge in [0.2, 0.25) is 0 Å². The van der Waals surface area contributed by atoms with Crippen molar-refractivity contribution in [3.05, 3.63) is 71.0 Å². The first kappa shape index (κ1) is 25.5. The number of nitrogens with zero attached hydrogens (tertiary/aromatic N) is 4. The van der Waals surface area contributed by atoms with Crippen molar-refractivity contribution in [1.82, 2.24) is 19.7 Å². The van der Waals surface area contributed by atoms with Crippen molar-refractivity contribution in [3.8, 4) is 5.69 Å². The zero-order valence-corrected chi connectivity index (χ0v) is 19.2. The van der Waals surface area contributed by atoms with Gasteiger partial charge in [0.1, 0.15) is 18.5 Å². The van der Waals surface area contributed by atoms with E-state index in [9.17, 15) is 18.3 Å². The molecule has 0 amide bonds. The fourth-order valence-electron chi connectivity index (χ4n) is 3.65. The molecule has 5 atom stereocenters. The predicted octanol–water partition coefficient (Wildman–Crippen LogP) is 3.21.